The molecule has 5 heteroatoms. The van der Waals surface area contributed by atoms with Crippen LogP contribution in [0.5, 0.6) is 0 Å². The molecule has 0 aliphatic carbocycles. The van der Waals surface area contributed by atoms with E-state index in [1.54, 1.807) is 18.2 Å². The van der Waals surface area contributed by atoms with Crippen molar-refractivity contribution in [2.45, 2.75) is 6.92 Å². The predicted molar refractivity (Wildman–Crippen MR) is 67.5 cm³/mol. The number of nitrogens with zero attached hydrogens (tertiary/aromatic N) is 1. The van der Waals surface area contributed by atoms with Gasteiger partial charge < -0.3 is 5.32 Å². The fraction of sp³-hybridized carbons (Fsp3) is 0.167. The summed E-state index contributed by atoms with van der Waals surface area (Å²) >= 11 is 5.01. The van der Waals surface area contributed by atoms with Crippen molar-refractivity contribution in [3.05, 3.63) is 41.3 Å². The molecular weight excluding hydrogens is 239 g/mol. The molecule has 1 aliphatic heterocycles. The summed E-state index contributed by atoms with van der Waals surface area (Å²) in [7, 11) is 0. The number of rotatable bonds is 2. The van der Waals surface area contributed by atoms with Crippen LogP contribution in [0.15, 0.2) is 30.0 Å². The van der Waals surface area contributed by atoms with Gasteiger partial charge in [0.2, 0.25) is 0 Å². The number of hydrogen-bond donors (Lipinski definition) is 1. The zero-order valence-electron chi connectivity index (χ0n) is 9.24. The highest BCUT2D eigenvalue weighted by Gasteiger charge is 2.28. The molecule has 1 heterocycles. The lowest BCUT2D eigenvalue weighted by atomic mass is 10.2. The second kappa shape index (κ2) is 4.63. The molecule has 0 atom stereocenters. The van der Waals surface area contributed by atoms with Crippen molar-refractivity contribution in [1.29, 1.82) is 0 Å². The molecule has 88 valence electrons. The summed E-state index contributed by atoms with van der Waals surface area (Å²) in [5.41, 5.74) is 1.00. The monoisotopic (exact) mass is 250 g/mol. The minimum absolute atomic E-state index is 0.179. The van der Waals surface area contributed by atoms with Crippen LogP contribution in [-0.2, 0) is 4.79 Å². The highest BCUT2D eigenvalue weighted by molar-refractivity contribution is 7.80. The van der Waals surface area contributed by atoms with Gasteiger partial charge in [0.25, 0.3) is 5.91 Å². The van der Waals surface area contributed by atoms with E-state index in [0.717, 1.165) is 0 Å². The number of amides is 1. The molecule has 0 radical (unpaired) electrons. The van der Waals surface area contributed by atoms with Crippen LogP contribution in [0.3, 0.4) is 0 Å². The van der Waals surface area contributed by atoms with Crippen molar-refractivity contribution < 1.29 is 9.18 Å². The van der Waals surface area contributed by atoms with Crippen molar-refractivity contribution in [2.24, 2.45) is 0 Å². The zero-order chi connectivity index (χ0) is 12.4. The van der Waals surface area contributed by atoms with Gasteiger partial charge in [0.15, 0.2) is 5.11 Å². The van der Waals surface area contributed by atoms with Crippen molar-refractivity contribution in [2.75, 3.05) is 6.54 Å². The molecule has 0 unspecified atom stereocenters. The Bertz CT molecular complexity index is 513. The molecule has 1 N–H and O–H groups in total. The van der Waals surface area contributed by atoms with E-state index in [2.05, 4.69) is 5.32 Å². The first-order valence-corrected chi connectivity index (χ1v) is 5.62. The second-order valence-corrected chi connectivity index (χ2v) is 3.98. The Hall–Kier alpha value is -1.75. The molecule has 2 rings (SSSR count). The van der Waals surface area contributed by atoms with Gasteiger partial charge in [0, 0.05) is 6.54 Å². The Morgan fingerprint density at radius 1 is 1.53 bits per heavy atom. The number of hydrogen-bond acceptors (Lipinski definition) is 2. The third-order valence-electron chi connectivity index (χ3n) is 2.44. The fourth-order valence-electron chi connectivity index (χ4n) is 1.62. The maximum Gasteiger partial charge on any atom is 0.276 e. The number of benzene rings is 1. The first kappa shape index (κ1) is 11.7. The molecule has 17 heavy (non-hydrogen) atoms. The largest absolute Gasteiger partial charge is 0.328 e. The van der Waals surface area contributed by atoms with Gasteiger partial charge in [-0.25, -0.2) is 4.39 Å². The van der Waals surface area contributed by atoms with E-state index in [1.807, 2.05) is 6.92 Å². The van der Waals surface area contributed by atoms with Gasteiger partial charge >= 0.3 is 0 Å². The van der Waals surface area contributed by atoms with Gasteiger partial charge in [-0.05, 0) is 42.9 Å². The molecule has 1 fully saturated rings. The molecular formula is C12H11FN2OS. The van der Waals surface area contributed by atoms with Crippen LogP contribution in [0.25, 0.3) is 6.08 Å². The third kappa shape index (κ3) is 2.34. The maximum absolute atomic E-state index is 13.0. The predicted octanol–water partition coefficient (Wildman–Crippen LogP) is 1.90. The second-order valence-electron chi connectivity index (χ2n) is 3.59. The summed E-state index contributed by atoms with van der Waals surface area (Å²) in [4.78, 5) is 13.3. The highest BCUT2D eigenvalue weighted by atomic mass is 32.1. The summed E-state index contributed by atoms with van der Waals surface area (Å²) in [5, 5.41) is 3.21. The number of halogens is 1. The number of carbonyl (C=O) groups excluding carboxylic acids is 1. The molecule has 1 amide bonds. The van der Waals surface area contributed by atoms with E-state index in [0.29, 0.717) is 22.9 Å². The fourth-order valence-corrected chi connectivity index (χ4v) is 1.94. The molecule has 1 aliphatic rings. The number of likely N-dealkylation sites (N-methyl/N-ethyl adjacent to an activating group) is 1. The lowest BCUT2D eigenvalue weighted by Gasteiger charge is -2.08. The van der Waals surface area contributed by atoms with Crippen LogP contribution < -0.4 is 5.32 Å². The van der Waals surface area contributed by atoms with E-state index >= 15 is 0 Å². The van der Waals surface area contributed by atoms with E-state index in [9.17, 15) is 9.18 Å². The first-order valence-electron chi connectivity index (χ1n) is 5.22. The summed E-state index contributed by atoms with van der Waals surface area (Å²) in [6, 6.07) is 6.04. The van der Waals surface area contributed by atoms with Gasteiger partial charge in [-0.15, -0.1) is 0 Å². The van der Waals surface area contributed by atoms with Crippen molar-refractivity contribution in [3.63, 3.8) is 0 Å². The Morgan fingerprint density at radius 3 is 2.88 bits per heavy atom. The van der Waals surface area contributed by atoms with E-state index in [1.165, 1.54) is 17.0 Å². The summed E-state index contributed by atoms with van der Waals surface area (Å²) in [6.07, 6.45) is 1.59. The molecule has 0 saturated carbocycles. The van der Waals surface area contributed by atoms with E-state index in [4.69, 9.17) is 12.2 Å². The SMILES string of the molecule is CCN1C(=O)C(=Cc2cccc(F)c2)NC1=S. The van der Waals surface area contributed by atoms with Gasteiger partial charge in [0.1, 0.15) is 11.5 Å². The van der Waals surface area contributed by atoms with Crippen LogP contribution in [0, 0.1) is 5.82 Å². The van der Waals surface area contributed by atoms with Crippen LogP contribution in [-0.4, -0.2) is 22.5 Å². The molecule has 3 nitrogen and oxygen atoms in total. The lowest BCUT2D eigenvalue weighted by Crippen LogP contribution is -2.30. The van der Waals surface area contributed by atoms with Crippen LogP contribution in [0.2, 0.25) is 0 Å². The van der Waals surface area contributed by atoms with Crippen molar-refractivity contribution in [3.8, 4) is 0 Å². The number of thiocarbonyl (C=S) groups is 1. The van der Waals surface area contributed by atoms with Gasteiger partial charge in [-0.1, -0.05) is 12.1 Å². The van der Waals surface area contributed by atoms with Crippen molar-refractivity contribution in [1.82, 2.24) is 10.2 Å². The minimum Gasteiger partial charge on any atom is -0.328 e. The topological polar surface area (TPSA) is 32.3 Å². The van der Waals surface area contributed by atoms with Crippen LogP contribution in [0.4, 0.5) is 4.39 Å². The average Bonchev–Trinajstić information content (AvgIpc) is 2.54. The molecule has 0 aromatic heterocycles. The molecule has 0 bridgehead atoms. The normalized spacial score (nSPS) is 17.8. The lowest BCUT2D eigenvalue weighted by molar-refractivity contribution is -0.122. The minimum atomic E-state index is -0.334. The zero-order valence-corrected chi connectivity index (χ0v) is 10.1. The van der Waals surface area contributed by atoms with Crippen molar-refractivity contribution >= 4 is 29.3 Å². The van der Waals surface area contributed by atoms with Gasteiger partial charge in [0.05, 0.1) is 0 Å². The summed E-state index contributed by atoms with van der Waals surface area (Å²) < 4.78 is 13.0. The standard InChI is InChI=1S/C12H11FN2OS/c1-2-15-11(16)10(14-12(15)17)7-8-4-3-5-9(13)6-8/h3-7H,2H2,1H3,(H,14,17). The van der Waals surface area contributed by atoms with Gasteiger partial charge in [-0.2, -0.15) is 0 Å². The quantitative estimate of drug-likeness (QED) is 0.643. The van der Waals surface area contributed by atoms with E-state index in [-0.39, 0.29) is 11.7 Å². The summed E-state index contributed by atoms with van der Waals surface area (Å²) in [5.74, 6) is -0.513. The number of nitrogens with one attached hydrogen (secondary N) is 1. The Labute approximate surface area is 104 Å². The molecule has 1 aromatic rings. The van der Waals surface area contributed by atoms with Crippen LogP contribution >= 0.6 is 12.2 Å². The van der Waals surface area contributed by atoms with Gasteiger partial charge in [-0.3, -0.25) is 9.69 Å². The Morgan fingerprint density at radius 2 is 2.29 bits per heavy atom. The average molecular weight is 250 g/mol. The molecule has 0 spiro atoms. The maximum atomic E-state index is 13.0. The summed E-state index contributed by atoms with van der Waals surface area (Å²) in [6.45, 7) is 2.36. The number of carbonyl (C=O) groups is 1. The molecule has 1 aromatic carbocycles. The smallest absolute Gasteiger partial charge is 0.276 e. The van der Waals surface area contributed by atoms with E-state index < -0.39 is 0 Å². The van der Waals surface area contributed by atoms with Crippen LogP contribution in [0.1, 0.15) is 12.5 Å². The first-order chi connectivity index (χ1) is 8.11. The Kier molecular flexibility index (Phi) is 3.19. The third-order valence-corrected chi connectivity index (χ3v) is 2.76. The Balaban J connectivity index is 2.30. The molecule has 1 saturated heterocycles. The highest BCUT2D eigenvalue weighted by Crippen LogP contribution is 2.14.